The lowest BCUT2D eigenvalue weighted by Gasteiger charge is -2.20. The van der Waals surface area contributed by atoms with Gasteiger partial charge in [0.2, 0.25) is 15.9 Å². The van der Waals surface area contributed by atoms with Gasteiger partial charge in [-0.05, 0) is 51.8 Å². The lowest BCUT2D eigenvalue weighted by Crippen LogP contribution is -2.40. The number of urea groups is 1. The van der Waals surface area contributed by atoms with Gasteiger partial charge in [0.05, 0.1) is 6.54 Å². The van der Waals surface area contributed by atoms with Gasteiger partial charge in [0, 0.05) is 41.3 Å². The van der Waals surface area contributed by atoms with Crippen LogP contribution in [0.4, 0.5) is 10.7 Å². The van der Waals surface area contributed by atoms with E-state index in [9.17, 15) is 18.0 Å². The molecule has 1 aliphatic carbocycles. The molecular weight excluding hydrogens is 460 g/mol. The fraction of sp³-hybridized carbons (Fsp3) is 0.381. The fourth-order valence-electron chi connectivity index (χ4n) is 3.11. The van der Waals surface area contributed by atoms with Crippen molar-refractivity contribution >= 4 is 33.6 Å². The highest BCUT2D eigenvalue weighted by atomic mass is 32.2. The van der Waals surface area contributed by atoms with Crippen LogP contribution in [0.1, 0.15) is 33.6 Å². The first-order chi connectivity index (χ1) is 16.0. The van der Waals surface area contributed by atoms with E-state index >= 15 is 0 Å². The molecule has 3 aromatic rings. The third-order valence-corrected chi connectivity index (χ3v) is 6.43. The Morgan fingerprint density at radius 1 is 1.15 bits per heavy atom. The number of amides is 3. The van der Waals surface area contributed by atoms with Crippen LogP contribution in [0.5, 0.6) is 0 Å². The minimum absolute atomic E-state index is 0.0448. The number of sulfonamides is 1. The highest BCUT2D eigenvalue weighted by Crippen LogP contribution is 2.23. The second-order valence-electron chi connectivity index (χ2n) is 9.07. The van der Waals surface area contributed by atoms with Crippen molar-refractivity contribution in [1.29, 1.82) is 0 Å². The molecule has 1 aliphatic rings. The van der Waals surface area contributed by atoms with Gasteiger partial charge >= 0.3 is 6.03 Å². The third kappa shape index (κ3) is 6.05. The van der Waals surface area contributed by atoms with Gasteiger partial charge in [-0.25, -0.2) is 22.4 Å². The summed E-state index contributed by atoms with van der Waals surface area (Å²) < 4.78 is 29.4. The molecule has 0 aromatic carbocycles. The number of carbonyl (C=O) groups is 2. The number of anilines is 1. The van der Waals surface area contributed by atoms with Gasteiger partial charge < -0.3 is 10.6 Å². The number of hydrogen-bond donors (Lipinski definition) is 4. The van der Waals surface area contributed by atoms with Crippen LogP contribution in [0.2, 0.25) is 0 Å². The summed E-state index contributed by atoms with van der Waals surface area (Å²) in [5, 5.41) is 12.0. The summed E-state index contributed by atoms with van der Waals surface area (Å²) >= 11 is 0. The number of fused-ring (bicyclic) bond motifs is 1. The maximum absolute atomic E-state index is 12.7. The molecular formula is C21H26N8O4S. The predicted molar refractivity (Wildman–Crippen MR) is 124 cm³/mol. The summed E-state index contributed by atoms with van der Waals surface area (Å²) in [6, 6.07) is 4.58. The molecule has 3 aromatic heterocycles. The molecule has 0 spiro atoms. The Balaban J connectivity index is 1.47. The van der Waals surface area contributed by atoms with Gasteiger partial charge in [-0.2, -0.15) is 4.98 Å². The van der Waals surface area contributed by atoms with Gasteiger partial charge in [0.15, 0.2) is 5.65 Å². The fourth-order valence-corrected chi connectivity index (χ4v) is 4.51. The van der Waals surface area contributed by atoms with E-state index in [1.165, 1.54) is 16.8 Å². The number of rotatable bonds is 7. The molecule has 34 heavy (non-hydrogen) atoms. The van der Waals surface area contributed by atoms with Crippen molar-refractivity contribution in [2.45, 2.75) is 50.1 Å². The first-order valence-corrected chi connectivity index (χ1v) is 12.2. The van der Waals surface area contributed by atoms with Crippen molar-refractivity contribution in [3.8, 4) is 11.1 Å². The molecule has 1 fully saturated rings. The lowest BCUT2D eigenvalue weighted by atomic mass is 10.1. The van der Waals surface area contributed by atoms with Crippen LogP contribution in [0.25, 0.3) is 16.8 Å². The van der Waals surface area contributed by atoms with Gasteiger partial charge in [-0.15, -0.1) is 5.10 Å². The molecule has 0 bridgehead atoms. The van der Waals surface area contributed by atoms with Gasteiger partial charge in [0.1, 0.15) is 4.90 Å². The van der Waals surface area contributed by atoms with E-state index in [4.69, 9.17) is 0 Å². The largest absolute Gasteiger partial charge is 0.352 e. The maximum Gasteiger partial charge on any atom is 0.322 e. The molecule has 0 atom stereocenters. The smallest absolute Gasteiger partial charge is 0.322 e. The van der Waals surface area contributed by atoms with E-state index < -0.39 is 21.6 Å². The van der Waals surface area contributed by atoms with Crippen LogP contribution in [0.15, 0.2) is 41.7 Å². The normalized spacial score (nSPS) is 14.1. The first-order valence-electron chi connectivity index (χ1n) is 10.7. The molecule has 4 rings (SSSR count). The Bertz CT molecular complexity index is 1340. The van der Waals surface area contributed by atoms with E-state index in [-0.39, 0.29) is 29.3 Å². The first kappa shape index (κ1) is 23.6. The molecule has 0 unspecified atom stereocenters. The maximum atomic E-state index is 12.7. The zero-order chi connectivity index (χ0) is 24.5. The number of aromatic nitrogens is 4. The van der Waals surface area contributed by atoms with Crippen molar-refractivity contribution in [1.82, 2.24) is 34.9 Å². The number of pyridine rings is 2. The van der Waals surface area contributed by atoms with Gasteiger partial charge in [0.25, 0.3) is 5.95 Å². The molecule has 12 nitrogen and oxygen atoms in total. The van der Waals surface area contributed by atoms with E-state index in [2.05, 4.69) is 35.7 Å². The third-order valence-electron chi connectivity index (χ3n) is 4.71. The summed E-state index contributed by atoms with van der Waals surface area (Å²) in [7, 11) is -3.75. The molecule has 3 amide bonds. The molecule has 0 radical (unpaired) electrons. The quantitative estimate of drug-likeness (QED) is 0.391. The molecule has 13 heteroatoms. The minimum atomic E-state index is -3.75. The van der Waals surface area contributed by atoms with Crippen LogP contribution in [-0.4, -0.2) is 58.1 Å². The monoisotopic (exact) mass is 486 g/mol. The van der Waals surface area contributed by atoms with E-state index in [1.54, 1.807) is 45.3 Å². The second-order valence-corrected chi connectivity index (χ2v) is 10.8. The van der Waals surface area contributed by atoms with Crippen molar-refractivity contribution in [2.24, 2.45) is 0 Å². The Kier molecular flexibility index (Phi) is 6.23. The zero-order valence-corrected chi connectivity index (χ0v) is 19.8. The van der Waals surface area contributed by atoms with Crippen LogP contribution in [0.3, 0.4) is 0 Å². The topological polar surface area (TPSA) is 159 Å². The zero-order valence-electron chi connectivity index (χ0n) is 19.0. The summed E-state index contributed by atoms with van der Waals surface area (Å²) in [5.41, 5.74) is 1.07. The number of nitrogens with one attached hydrogen (secondary N) is 4. The average molecular weight is 487 g/mol. The van der Waals surface area contributed by atoms with Crippen LogP contribution in [-0.2, 0) is 14.8 Å². The summed E-state index contributed by atoms with van der Waals surface area (Å²) in [6.07, 6.45) is 6.42. The van der Waals surface area contributed by atoms with Gasteiger partial charge in [-0.1, -0.05) is 0 Å². The Labute approximate surface area is 196 Å². The van der Waals surface area contributed by atoms with E-state index in [0.717, 1.165) is 12.8 Å². The van der Waals surface area contributed by atoms with Crippen molar-refractivity contribution in [2.75, 3.05) is 11.9 Å². The van der Waals surface area contributed by atoms with Crippen molar-refractivity contribution < 1.29 is 18.0 Å². The highest BCUT2D eigenvalue weighted by Gasteiger charge is 2.24. The molecule has 3 heterocycles. The van der Waals surface area contributed by atoms with E-state index in [0.29, 0.717) is 16.8 Å². The Morgan fingerprint density at radius 3 is 2.62 bits per heavy atom. The Morgan fingerprint density at radius 2 is 1.91 bits per heavy atom. The highest BCUT2D eigenvalue weighted by molar-refractivity contribution is 7.89. The number of hydrogen-bond acceptors (Lipinski definition) is 7. The molecule has 4 N–H and O–H groups in total. The standard InChI is InChI=1S/C21H26N8O4S/c1-21(2,3)28-34(32,33)16-8-14(9-22-10-16)13-4-7-17-25-19(27-29(17)12-13)26-20(31)23-11-18(30)24-15-5-6-15/h4,7-10,12,15,28H,5-6,11H2,1-3H3,(H,24,30)(H2,23,26,27,31). The SMILES string of the molecule is CC(C)(C)NS(=O)(=O)c1cncc(-c2ccc3nc(NC(=O)NCC(=O)NC4CC4)nn3c2)c1. The van der Waals surface area contributed by atoms with Crippen LogP contribution >= 0.6 is 0 Å². The predicted octanol–water partition coefficient (Wildman–Crippen LogP) is 1.27. The molecule has 1 saturated carbocycles. The van der Waals surface area contributed by atoms with E-state index in [1.807, 2.05) is 0 Å². The average Bonchev–Trinajstić information content (AvgIpc) is 3.47. The number of nitrogens with zero attached hydrogens (tertiary/aromatic N) is 4. The molecule has 0 saturated heterocycles. The van der Waals surface area contributed by atoms with Crippen molar-refractivity contribution in [3.05, 3.63) is 36.8 Å². The Hall–Kier alpha value is -3.58. The second kappa shape index (κ2) is 8.99. The summed E-state index contributed by atoms with van der Waals surface area (Å²) in [4.78, 5) is 32.1. The van der Waals surface area contributed by atoms with Crippen molar-refractivity contribution in [3.63, 3.8) is 0 Å². The molecule has 0 aliphatic heterocycles. The molecule has 180 valence electrons. The lowest BCUT2D eigenvalue weighted by molar-refractivity contribution is -0.120. The minimum Gasteiger partial charge on any atom is -0.352 e. The van der Waals surface area contributed by atoms with Crippen LogP contribution < -0.4 is 20.7 Å². The van der Waals surface area contributed by atoms with Crippen LogP contribution in [0, 0.1) is 0 Å². The van der Waals surface area contributed by atoms with Gasteiger partial charge in [-0.3, -0.25) is 15.1 Å². The number of carbonyl (C=O) groups excluding carboxylic acids is 2. The summed E-state index contributed by atoms with van der Waals surface area (Å²) in [6.45, 7) is 5.13. The summed E-state index contributed by atoms with van der Waals surface area (Å²) in [5.74, 6) is -0.193.